The smallest absolute Gasteiger partial charge is 0.165 e. The Hall–Kier alpha value is -2.48. The van der Waals surface area contributed by atoms with E-state index in [1.54, 1.807) is 12.4 Å². The number of hydrogen-bond donors (Lipinski definition) is 0. The molecule has 0 unspecified atom stereocenters. The molecule has 0 amide bonds. The second-order valence-corrected chi connectivity index (χ2v) is 4.82. The van der Waals surface area contributed by atoms with Crippen molar-refractivity contribution in [3.63, 3.8) is 0 Å². The number of hydrogen-bond acceptors (Lipinski definition) is 2. The van der Waals surface area contributed by atoms with Crippen molar-refractivity contribution >= 4 is 16.6 Å². The molecule has 0 radical (unpaired) electrons. The Kier molecular flexibility index (Phi) is 3.55. The van der Waals surface area contributed by atoms with Gasteiger partial charge in [0.15, 0.2) is 5.78 Å². The van der Waals surface area contributed by atoms with Crippen molar-refractivity contribution in [3.05, 3.63) is 78.1 Å². The largest absolute Gasteiger partial charge is 0.294 e. The SMILES string of the molecule is O=C(CCc1ccccc1)c1cncc2ccccc12. The summed E-state index contributed by atoms with van der Waals surface area (Å²) < 4.78 is 0. The fourth-order valence-electron chi connectivity index (χ4n) is 2.38. The van der Waals surface area contributed by atoms with E-state index in [9.17, 15) is 4.79 Å². The minimum Gasteiger partial charge on any atom is -0.294 e. The van der Waals surface area contributed by atoms with E-state index >= 15 is 0 Å². The maximum Gasteiger partial charge on any atom is 0.165 e. The molecule has 0 saturated carbocycles. The first-order valence-corrected chi connectivity index (χ1v) is 6.74. The molecule has 2 heteroatoms. The molecule has 2 aromatic carbocycles. The lowest BCUT2D eigenvalue weighted by Gasteiger charge is -2.05. The van der Waals surface area contributed by atoms with Gasteiger partial charge in [-0.2, -0.15) is 0 Å². The van der Waals surface area contributed by atoms with Crippen LogP contribution in [0.1, 0.15) is 22.3 Å². The highest BCUT2D eigenvalue weighted by atomic mass is 16.1. The first kappa shape index (κ1) is 12.5. The molecule has 0 saturated heterocycles. The molecule has 0 aliphatic carbocycles. The van der Waals surface area contributed by atoms with Crippen molar-refractivity contribution in [2.45, 2.75) is 12.8 Å². The van der Waals surface area contributed by atoms with Gasteiger partial charge >= 0.3 is 0 Å². The zero-order valence-corrected chi connectivity index (χ0v) is 11.1. The Balaban J connectivity index is 1.82. The zero-order chi connectivity index (χ0) is 13.8. The van der Waals surface area contributed by atoms with Crippen molar-refractivity contribution in [1.29, 1.82) is 0 Å². The summed E-state index contributed by atoms with van der Waals surface area (Å²) in [5.41, 5.74) is 1.91. The van der Waals surface area contributed by atoms with Crippen LogP contribution in [-0.2, 0) is 6.42 Å². The van der Waals surface area contributed by atoms with Crippen LogP contribution in [-0.4, -0.2) is 10.8 Å². The minimum atomic E-state index is 0.151. The summed E-state index contributed by atoms with van der Waals surface area (Å²) in [6.45, 7) is 0. The molecule has 3 aromatic rings. The lowest BCUT2D eigenvalue weighted by Crippen LogP contribution is -2.02. The maximum absolute atomic E-state index is 12.4. The molecule has 2 nitrogen and oxygen atoms in total. The number of carbonyl (C=O) groups is 1. The Morgan fingerprint density at radius 1 is 0.900 bits per heavy atom. The number of benzene rings is 2. The van der Waals surface area contributed by atoms with Crippen LogP contribution in [0.4, 0.5) is 0 Å². The molecule has 0 atom stereocenters. The Bertz CT molecular complexity index is 729. The number of aryl methyl sites for hydroxylation is 1. The van der Waals surface area contributed by atoms with Crippen molar-refractivity contribution in [3.8, 4) is 0 Å². The quantitative estimate of drug-likeness (QED) is 0.663. The first-order valence-electron chi connectivity index (χ1n) is 6.74. The van der Waals surface area contributed by atoms with Crippen LogP contribution in [0.15, 0.2) is 67.0 Å². The molecule has 0 fully saturated rings. The Morgan fingerprint density at radius 3 is 2.50 bits per heavy atom. The summed E-state index contributed by atoms with van der Waals surface area (Å²) in [4.78, 5) is 16.6. The molecule has 0 spiro atoms. The number of nitrogens with zero attached hydrogens (tertiary/aromatic N) is 1. The number of ketones is 1. The van der Waals surface area contributed by atoms with Gasteiger partial charge in [0.1, 0.15) is 0 Å². The van der Waals surface area contributed by atoms with Crippen molar-refractivity contribution < 1.29 is 4.79 Å². The maximum atomic E-state index is 12.4. The lowest BCUT2D eigenvalue weighted by atomic mass is 10.00. The monoisotopic (exact) mass is 261 g/mol. The molecule has 3 rings (SSSR count). The summed E-state index contributed by atoms with van der Waals surface area (Å²) in [7, 11) is 0. The fraction of sp³-hybridized carbons (Fsp3) is 0.111. The summed E-state index contributed by atoms with van der Waals surface area (Å²) in [6, 6.07) is 18.0. The molecular weight excluding hydrogens is 246 g/mol. The second kappa shape index (κ2) is 5.66. The van der Waals surface area contributed by atoms with Gasteiger partial charge in [-0.05, 0) is 17.4 Å². The van der Waals surface area contributed by atoms with Gasteiger partial charge in [0.25, 0.3) is 0 Å². The normalized spacial score (nSPS) is 10.6. The van der Waals surface area contributed by atoms with Crippen LogP contribution in [0.5, 0.6) is 0 Å². The van der Waals surface area contributed by atoms with Crippen LogP contribution in [0, 0.1) is 0 Å². The van der Waals surface area contributed by atoms with Crippen molar-refractivity contribution in [2.75, 3.05) is 0 Å². The predicted molar refractivity (Wildman–Crippen MR) is 80.8 cm³/mol. The Labute approximate surface area is 118 Å². The molecule has 20 heavy (non-hydrogen) atoms. The number of Topliss-reactive ketones (excluding diaryl/α,β-unsaturated/α-hetero) is 1. The van der Waals surface area contributed by atoms with E-state index in [0.29, 0.717) is 6.42 Å². The van der Waals surface area contributed by atoms with Gasteiger partial charge in [-0.1, -0.05) is 54.6 Å². The van der Waals surface area contributed by atoms with Crippen LogP contribution in [0.3, 0.4) is 0 Å². The van der Waals surface area contributed by atoms with Gasteiger partial charge < -0.3 is 0 Å². The predicted octanol–water partition coefficient (Wildman–Crippen LogP) is 4.05. The van der Waals surface area contributed by atoms with Crippen LogP contribution < -0.4 is 0 Å². The molecule has 0 bridgehead atoms. The average molecular weight is 261 g/mol. The van der Waals surface area contributed by atoms with Crippen molar-refractivity contribution in [2.24, 2.45) is 0 Å². The number of aromatic nitrogens is 1. The minimum absolute atomic E-state index is 0.151. The van der Waals surface area contributed by atoms with E-state index < -0.39 is 0 Å². The molecule has 98 valence electrons. The number of carbonyl (C=O) groups excluding carboxylic acids is 1. The molecule has 0 aliphatic rings. The van der Waals surface area contributed by atoms with Gasteiger partial charge in [0.05, 0.1) is 0 Å². The Morgan fingerprint density at radius 2 is 1.65 bits per heavy atom. The third kappa shape index (κ3) is 2.59. The standard InChI is InChI=1S/C18H15NO/c20-18(11-10-14-6-2-1-3-7-14)17-13-19-12-15-8-4-5-9-16(15)17/h1-9,12-13H,10-11H2. The number of pyridine rings is 1. The van der Waals surface area contributed by atoms with Crippen molar-refractivity contribution in [1.82, 2.24) is 4.98 Å². The summed E-state index contributed by atoms with van der Waals surface area (Å²) in [5.74, 6) is 0.151. The number of rotatable bonds is 4. The highest BCUT2D eigenvalue weighted by Crippen LogP contribution is 2.19. The summed E-state index contributed by atoms with van der Waals surface area (Å²) in [6.07, 6.45) is 4.75. The molecule has 1 heterocycles. The number of fused-ring (bicyclic) bond motifs is 1. The van der Waals surface area contributed by atoms with E-state index in [1.807, 2.05) is 42.5 Å². The highest BCUT2D eigenvalue weighted by Gasteiger charge is 2.10. The second-order valence-electron chi connectivity index (χ2n) is 4.82. The molecule has 0 N–H and O–H groups in total. The third-order valence-electron chi connectivity index (χ3n) is 3.45. The molecule has 1 aromatic heterocycles. The first-order chi connectivity index (χ1) is 9.84. The molecule has 0 aliphatic heterocycles. The van der Waals surface area contributed by atoms with Gasteiger partial charge in [-0.25, -0.2) is 0 Å². The van der Waals surface area contributed by atoms with Gasteiger partial charge in [0, 0.05) is 29.8 Å². The van der Waals surface area contributed by atoms with Gasteiger partial charge in [0.2, 0.25) is 0 Å². The van der Waals surface area contributed by atoms with E-state index in [2.05, 4.69) is 17.1 Å². The van der Waals surface area contributed by atoms with E-state index in [0.717, 1.165) is 22.8 Å². The average Bonchev–Trinajstić information content (AvgIpc) is 2.53. The molecular formula is C18H15NO. The lowest BCUT2D eigenvalue weighted by molar-refractivity contribution is 0.0984. The van der Waals surface area contributed by atoms with E-state index in [-0.39, 0.29) is 5.78 Å². The van der Waals surface area contributed by atoms with Gasteiger partial charge in [-0.15, -0.1) is 0 Å². The summed E-state index contributed by atoms with van der Waals surface area (Å²) in [5, 5.41) is 2.00. The van der Waals surface area contributed by atoms with E-state index in [1.165, 1.54) is 5.56 Å². The highest BCUT2D eigenvalue weighted by molar-refractivity contribution is 6.07. The van der Waals surface area contributed by atoms with Crippen LogP contribution in [0.25, 0.3) is 10.8 Å². The third-order valence-corrected chi connectivity index (χ3v) is 3.45. The zero-order valence-electron chi connectivity index (χ0n) is 11.1. The van der Waals surface area contributed by atoms with Gasteiger partial charge in [-0.3, -0.25) is 9.78 Å². The van der Waals surface area contributed by atoms with Crippen LogP contribution in [0.2, 0.25) is 0 Å². The van der Waals surface area contributed by atoms with Crippen LogP contribution >= 0.6 is 0 Å². The fourth-order valence-corrected chi connectivity index (χ4v) is 2.38. The topological polar surface area (TPSA) is 30.0 Å². The summed E-state index contributed by atoms with van der Waals surface area (Å²) >= 11 is 0. The van der Waals surface area contributed by atoms with E-state index in [4.69, 9.17) is 0 Å².